The number of amides is 1. The van der Waals surface area contributed by atoms with Crippen LogP contribution in [0.5, 0.6) is 5.75 Å². The summed E-state index contributed by atoms with van der Waals surface area (Å²) in [6.07, 6.45) is 0. The molecule has 7 nitrogen and oxygen atoms in total. The van der Waals surface area contributed by atoms with E-state index in [2.05, 4.69) is 4.72 Å². The second kappa shape index (κ2) is 8.88. The van der Waals surface area contributed by atoms with Crippen LogP contribution in [0.2, 0.25) is 0 Å². The molecule has 27 heavy (non-hydrogen) atoms. The van der Waals surface area contributed by atoms with E-state index < -0.39 is 10.0 Å². The van der Waals surface area contributed by atoms with Gasteiger partial charge >= 0.3 is 0 Å². The van der Waals surface area contributed by atoms with Crippen LogP contribution < -0.4 is 15.2 Å². The number of nitrogens with zero attached hydrogens (tertiary/aromatic N) is 1. The van der Waals surface area contributed by atoms with Crippen molar-refractivity contribution in [3.05, 3.63) is 54.1 Å². The molecule has 0 saturated heterocycles. The molecule has 0 aliphatic heterocycles. The molecule has 1 atom stereocenters. The Morgan fingerprint density at radius 3 is 2.48 bits per heavy atom. The van der Waals surface area contributed by atoms with Gasteiger partial charge in [-0.3, -0.25) is 9.52 Å². The molecule has 1 amide bonds. The fourth-order valence-electron chi connectivity index (χ4n) is 2.37. The maximum atomic E-state index is 12.6. The maximum Gasteiger partial charge on any atom is 0.261 e. The van der Waals surface area contributed by atoms with Crippen LogP contribution in [0.3, 0.4) is 0 Å². The molecule has 0 bridgehead atoms. The van der Waals surface area contributed by atoms with Crippen molar-refractivity contribution in [2.75, 3.05) is 24.9 Å². The van der Waals surface area contributed by atoms with Crippen LogP contribution in [0.25, 0.3) is 0 Å². The predicted octanol–water partition coefficient (Wildman–Crippen LogP) is 2.31. The van der Waals surface area contributed by atoms with Crippen molar-refractivity contribution in [2.45, 2.75) is 24.8 Å². The first kappa shape index (κ1) is 20.7. The number of carbonyl (C=O) groups is 1. The Morgan fingerprint density at radius 2 is 1.89 bits per heavy atom. The van der Waals surface area contributed by atoms with Crippen LogP contribution in [0.15, 0.2) is 53.4 Å². The Balaban J connectivity index is 2.20. The molecule has 146 valence electrons. The molecule has 0 spiro atoms. The lowest BCUT2D eigenvalue weighted by atomic mass is 10.1. The van der Waals surface area contributed by atoms with Crippen molar-refractivity contribution in [3.63, 3.8) is 0 Å². The zero-order chi connectivity index (χ0) is 20.0. The molecule has 3 N–H and O–H groups in total. The number of ether oxygens (including phenoxy) is 1. The van der Waals surface area contributed by atoms with Gasteiger partial charge in [-0.1, -0.05) is 6.07 Å². The van der Waals surface area contributed by atoms with Crippen molar-refractivity contribution in [1.82, 2.24) is 4.90 Å². The Labute approximate surface area is 160 Å². The van der Waals surface area contributed by atoms with E-state index in [0.717, 1.165) is 0 Å². The summed E-state index contributed by atoms with van der Waals surface area (Å²) in [7, 11) is -2.12. The molecule has 1 unspecified atom stereocenters. The Morgan fingerprint density at radius 1 is 1.22 bits per heavy atom. The van der Waals surface area contributed by atoms with E-state index in [1.807, 2.05) is 13.8 Å². The number of nitrogens with two attached hydrogens (primary N) is 1. The number of benzene rings is 2. The first-order chi connectivity index (χ1) is 12.8. The first-order valence-electron chi connectivity index (χ1n) is 8.61. The highest BCUT2D eigenvalue weighted by atomic mass is 32.2. The predicted molar refractivity (Wildman–Crippen MR) is 105 cm³/mol. The summed E-state index contributed by atoms with van der Waals surface area (Å²) >= 11 is 0. The number of hydrogen-bond donors (Lipinski definition) is 2. The summed E-state index contributed by atoms with van der Waals surface area (Å²) in [5, 5.41) is 0. The Kier molecular flexibility index (Phi) is 6.81. The monoisotopic (exact) mass is 391 g/mol. The molecule has 0 aliphatic carbocycles. The molecular weight excluding hydrogens is 366 g/mol. The minimum absolute atomic E-state index is 0.108. The lowest BCUT2D eigenvalue weighted by Gasteiger charge is -2.23. The molecule has 2 aromatic rings. The molecule has 0 fully saturated rings. The van der Waals surface area contributed by atoms with Crippen LogP contribution in [0.4, 0.5) is 5.69 Å². The van der Waals surface area contributed by atoms with Crippen molar-refractivity contribution in [3.8, 4) is 5.75 Å². The molecule has 0 aliphatic rings. The van der Waals surface area contributed by atoms with Gasteiger partial charge in [-0.2, -0.15) is 0 Å². The van der Waals surface area contributed by atoms with E-state index in [1.54, 1.807) is 37.4 Å². The van der Waals surface area contributed by atoms with Crippen molar-refractivity contribution in [2.24, 2.45) is 5.73 Å². The van der Waals surface area contributed by atoms with Crippen molar-refractivity contribution in [1.29, 1.82) is 0 Å². The van der Waals surface area contributed by atoms with Gasteiger partial charge in [0, 0.05) is 30.9 Å². The molecule has 8 heteroatoms. The second-order valence-corrected chi connectivity index (χ2v) is 7.77. The van der Waals surface area contributed by atoms with Crippen LogP contribution in [0.1, 0.15) is 24.2 Å². The quantitative estimate of drug-likeness (QED) is 0.719. The summed E-state index contributed by atoms with van der Waals surface area (Å²) in [6.45, 7) is 4.54. The molecule has 2 rings (SSSR count). The zero-order valence-electron chi connectivity index (χ0n) is 15.7. The highest BCUT2D eigenvalue weighted by Crippen LogP contribution is 2.20. The number of sulfonamides is 1. The number of rotatable bonds is 8. The molecule has 0 radical (unpaired) electrons. The fraction of sp³-hybridized carbons (Fsp3) is 0.316. The number of likely N-dealkylation sites (N-methyl/N-ethyl adjacent to an activating group) is 1. The van der Waals surface area contributed by atoms with E-state index in [-0.39, 0.29) is 16.8 Å². The van der Waals surface area contributed by atoms with Gasteiger partial charge in [0.05, 0.1) is 11.5 Å². The highest BCUT2D eigenvalue weighted by Gasteiger charge is 2.18. The SMILES string of the molecule is CCOc1ccc(S(=O)(=O)Nc2cccc(C(=O)N(C)C(C)CN)c2)cc1. The van der Waals surface area contributed by atoms with Gasteiger partial charge < -0.3 is 15.4 Å². The van der Waals surface area contributed by atoms with E-state index in [0.29, 0.717) is 30.2 Å². The number of nitrogens with one attached hydrogen (secondary N) is 1. The third-order valence-electron chi connectivity index (χ3n) is 4.13. The van der Waals surface area contributed by atoms with Crippen molar-refractivity contribution < 1.29 is 17.9 Å². The minimum atomic E-state index is -3.78. The van der Waals surface area contributed by atoms with Gasteiger partial charge in [-0.25, -0.2) is 8.42 Å². The minimum Gasteiger partial charge on any atom is -0.494 e. The van der Waals surface area contributed by atoms with Gasteiger partial charge in [0.25, 0.3) is 15.9 Å². The number of anilines is 1. The van der Waals surface area contributed by atoms with E-state index in [4.69, 9.17) is 10.5 Å². The summed E-state index contributed by atoms with van der Waals surface area (Å²) < 4.78 is 33.0. The molecular formula is C19H25N3O4S. The summed E-state index contributed by atoms with van der Waals surface area (Å²) in [6, 6.07) is 12.4. The summed E-state index contributed by atoms with van der Waals surface area (Å²) in [5.41, 5.74) is 6.29. The van der Waals surface area contributed by atoms with Gasteiger partial charge in [-0.15, -0.1) is 0 Å². The van der Waals surface area contributed by atoms with Gasteiger partial charge in [0.1, 0.15) is 5.75 Å². The van der Waals surface area contributed by atoms with Gasteiger partial charge in [0.15, 0.2) is 0 Å². The maximum absolute atomic E-state index is 12.6. The Bertz CT molecular complexity index is 882. The van der Waals surface area contributed by atoms with Crippen LogP contribution in [-0.2, 0) is 10.0 Å². The third-order valence-corrected chi connectivity index (χ3v) is 5.53. The van der Waals surface area contributed by atoms with Crippen molar-refractivity contribution >= 4 is 21.6 Å². The van der Waals surface area contributed by atoms with E-state index in [9.17, 15) is 13.2 Å². The largest absolute Gasteiger partial charge is 0.494 e. The first-order valence-corrected chi connectivity index (χ1v) is 10.1. The lowest BCUT2D eigenvalue weighted by molar-refractivity contribution is 0.0748. The topological polar surface area (TPSA) is 102 Å². The second-order valence-electron chi connectivity index (χ2n) is 6.09. The lowest BCUT2D eigenvalue weighted by Crippen LogP contribution is -2.39. The van der Waals surface area contributed by atoms with Gasteiger partial charge in [-0.05, 0) is 56.3 Å². The summed E-state index contributed by atoms with van der Waals surface area (Å²) in [5.74, 6) is 0.371. The standard InChI is InChI=1S/C19H25N3O4S/c1-4-26-17-8-10-18(11-9-17)27(24,25)21-16-7-5-6-15(12-16)19(23)22(3)14(2)13-20/h5-12,14,21H,4,13,20H2,1-3H3. The number of carbonyl (C=O) groups excluding carboxylic acids is 1. The molecule has 2 aromatic carbocycles. The van der Waals surface area contributed by atoms with Crippen LogP contribution in [-0.4, -0.2) is 45.5 Å². The molecule has 0 heterocycles. The van der Waals surface area contributed by atoms with E-state index in [1.165, 1.54) is 23.1 Å². The van der Waals surface area contributed by atoms with Gasteiger partial charge in [0.2, 0.25) is 0 Å². The fourth-order valence-corrected chi connectivity index (χ4v) is 3.42. The number of hydrogen-bond acceptors (Lipinski definition) is 5. The van der Waals surface area contributed by atoms with Crippen LogP contribution >= 0.6 is 0 Å². The highest BCUT2D eigenvalue weighted by molar-refractivity contribution is 7.92. The smallest absolute Gasteiger partial charge is 0.261 e. The third kappa shape index (κ3) is 5.21. The van der Waals surface area contributed by atoms with E-state index >= 15 is 0 Å². The molecule has 0 saturated carbocycles. The normalized spacial score (nSPS) is 12.3. The zero-order valence-corrected chi connectivity index (χ0v) is 16.5. The average molecular weight is 391 g/mol. The average Bonchev–Trinajstić information content (AvgIpc) is 2.66. The Hall–Kier alpha value is -2.58. The van der Waals surface area contributed by atoms with Crippen LogP contribution in [0, 0.1) is 0 Å². The molecule has 0 aromatic heterocycles. The summed E-state index contributed by atoms with van der Waals surface area (Å²) in [4.78, 5) is 14.1.